The molecular formula is C12H17NO2. The molecule has 1 rings (SSSR count). The Kier molecular flexibility index (Phi) is 4.36. The Balaban J connectivity index is 2.60. The minimum absolute atomic E-state index is 0.0948. The van der Waals surface area contributed by atoms with Crippen molar-refractivity contribution in [3.05, 3.63) is 12.3 Å². The minimum atomic E-state index is -0.772. The standard InChI is InChI=1S/C12H17NO2/c1-2-15-9-5-8-12(10-13)7-4-3-6-11(12)14/h5,9H,2-4,6-8H2,1H3/b9-5+. The summed E-state index contributed by atoms with van der Waals surface area (Å²) >= 11 is 0. The average Bonchev–Trinajstić information content (AvgIpc) is 2.27. The zero-order valence-electron chi connectivity index (χ0n) is 9.16. The predicted molar refractivity (Wildman–Crippen MR) is 56.9 cm³/mol. The largest absolute Gasteiger partial charge is 0.502 e. The third kappa shape index (κ3) is 2.82. The summed E-state index contributed by atoms with van der Waals surface area (Å²) in [5.41, 5.74) is -0.772. The van der Waals surface area contributed by atoms with Crippen LogP contribution in [0.2, 0.25) is 0 Å². The summed E-state index contributed by atoms with van der Waals surface area (Å²) in [6.45, 7) is 2.51. The molecule has 0 aromatic carbocycles. The number of carbonyl (C=O) groups is 1. The summed E-state index contributed by atoms with van der Waals surface area (Å²) in [7, 11) is 0. The van der Waals surface area contributed by atoms with Gasteiger partial charge in [0.15, 0.2) is 5.78 Å². The minimum Gasteiger partial charge on any atom is -0.502 e. The van der Waals surface area contributed by atoms with Crippen LogP contribution in [0.1, 0.15) is 39.0 Å². The summed E-state index contributed by atoms with van der Waals surface area (Å²) in [5, 5.41) is 9.12. The molecule has 0 aromatic rings. The zero-order chi connectivity index (χ0) is 11.1. The summed E-state index contributed by atoms with van der Waals surface area (Å²) in [6, 6.07) is 2.19. The number of nitrogens with zero attached hydrogens (tertiary/aromatic N) is 1. The first-order chi connectivity index (χ1) is 7.25. The number of allylic oxidation sites excluding steroid dienone is 1. The Morgan fingerprint density at radius 3 is 3.00 bits per heavy atom. The number of rotatable bonds is 4. The van der Waals surface area contributed by atoms with Crippen molar-refractivity contribution in [2.24, 2.45) is 5.41 Å². The van der Waals surface area contributed by atoms with Crippen molar-refractivity contribution in [3.63, 3.8) is 0 Å². The summed E-state index contributed by atoms with van der Waals surface area (Å²) in [4.78, 5) is 11.7. The molecule has 1 aliphatic rings. The van der Waals surface area contributed by atoms with E-state index in [9.17, 15) is 4.79 Å². The molecule has 0 radical (unpaired) electrons. The highest BCUT2D eigenvalue weighted by Crippen LogP contribution is 2.36. The summed E-state index contributed by atoms with van der Waals surface area (Å²) in [5.74, 6) is 0.0948. The lowest BCUT2D eigenvalue weighted by Gasteiger charge is -2.27. The molecule has 1 aliphatic carbocycles. The van der Waals surface area contributed by atoms with E-state index in [1.54, 1.807) is 12.3 Å². The van der Waals surface area contributed by atoms with Crippen molar-refractivity contribution >= 4 is 5.78 Å². The molecule has 82 valence electrons. The fraction of sp³-hybridized carbons (Fsp3) is 0.667. The number of ether oxygens (including phenoxy) is 1. The topological polar surface area (TPSA) is 50.1 Å². The van der Waals surface area contributed by atoms with Crippen LogP contribution in [0.15, 0.2) is 12.3 Å². The number of hydrogen-bond donors (Lipinski definition) is 0. The van der Waals surface area contributed by atoms with Crippen molar-refractivity contribution in [3.8, 4) is 6.07 Å². The van der Waals surface area contributed by atoms with E-state index < -0.39 is 5.41 Å². The molecule has 3 nitrogen and oxygen atoms in total. The Morgan fingerprint density at radius 1 is 1.60 bits per heavy atom. The molecule has 1 fully saturated rings. The Bertz CT molecular complexity index is 290. The van der Waals surface area contributed by atoms with Gasteiger partial charge in [0, 0.05) is 6.42 Å². The fourth-order valence-electron chi connectivity index (χ4n) is 1.88. The number of carbonyl (C=O) groups excluding carboxylic acids is 1. The molecule has 0 aliphatic heterocycles. The van der Waals surface area contributed by atoms with E-state index in [4.69, 9.17) is 10.00 Å². The van der Waals surface area contributed by atoms with Gasteiger partial charge < -0.3 is 4.74 Å². The average molecular weight is 207 g/mol. The molecule has 0 N–H and O–H groups in total. The van der Waals surface area contributed by atoms with Gasteiger partial charge in [-0.15, -0.1) is 0 Å². The van der Waals surface area contributed by atoms with Crippen LogP contribution in [-0.2, 0) is 9.53 Å². The first kappa shape index (κ1) is 11.8. The van der Waals surface area contributed by atoms with Crippen LogP contribution >= 0.6 is 0 Å². The Morgan fingerprint density at radius 2 is 2.40 bits per heavy atom. The van der Waals surface area contributed by atoms with E-state index in [0.717, 1.165) is 12.8 Å². The highest BCUT2D eigenvalue weighted by molar-refractivity contribution is 5.88. The van der Waals surface area contributed by atoms with Crippen LogP contribution in [-0.4, -0.2) is 12.4 Å². The van der Waals surface area contributed by atoms with Crippen LogP contribution in [0, 0.1) is 16.7 Å². The van der Waals surface area contributed by atoms with Crippen LogP contribution in [0.5, 0.6) is 0 Å². The van der Waals surface area contributed by atoms with Crippen LogP contribution in [0.25, 0.3) is 0 Å². The predicted octanol–water partition coefficient (Wildman–Crippen LogP) is 2.58. The molecular weight excluding hydrogens is 190 g/mol. The van der Waals surface area contributed by atoms with Gasteiger partial charge in [0.1, 0.15) is 5.41 Å². The molecule has 0 saturated heterocycles. The van der Waals surface area contributed by atoms with E-state index in [-0.39, 0.29) is 5.78 Å². The number of nitriles is 1. The quantitative estimate of drug-likeness (QED) is 0.666. The Labute approximate surface area is 90.7 Å². The summed E-state index contributed by atoms with van der Waals surface area (Å²) in [6.07, 6.45) is 7.01. The van der Waals surface area contributed by atoms with Gasteiger partial charge in [0.25, 0.3) is 0 Å². The molecule has 0 aromatic heterocycles. The lowest BCUT2D eigenvalue weighted by atomic mass is 9.72. The summed E-state index contributed by atoms with van der Waals surface area (Å²) < 4.78 is 5.05. The van der Waals surface area contributed by atoms with Gasteiger partial charge in [0.2, 0.25) is 0 Å². The first-order valence-corrected chi connectivity index (χ1v) is 5.46. The van der Waals surface area contributed by atoms with Crippen molar-refractivity contribution in [2.45, 2.75) is 39.0 Å². The highest BCUT2D eigenvalue weighted by Gasteiger charge is 2.38. The molecule has 1 saturated carbocycles. The number of hydrogen-bond acceptors (Lipinski definition) is 3. The van der Waals surface area contributed by atoms with Gasteiger partial charge in [0.05, 0.1) is 18.9 Å². The third-order valence-corrected chi connectivity index (χ3v) is 2.83. The second-order valence-corrected chi connectivity index (χ2v) is 3.86. The van der Waals surface area contributed by atoms with E-state index in [1.165, 1.54) is 0 Å². The van der Waals surface area contributed by atoms with E-state index in [1.807, 2.05) is 6.92 Å². The van der Waals surface area contributed by atoms with Gasteiger partial charge in [-0.1, -0.05) is 6.42 Å². The first-order valence-electron chi connectivity index (χ1n) is 5.46. The third-order valence-electron chi connectivity index (χ3n) is 2.83. The molecule has 1 atom stereocenters. The van der Waals surface area contributed by atoms with Gasteiger partial charge in [-0.05, 0) is 32.3 Å². The maximum atomic E-state index is 11.7. The maximum absolute atomic E-state index is 11.7. The van der Waals surface area contributed by atoms with Crippen LogP contribution in [0.4, 0.5) is 0 Å². The lowest BCUT2D eigenvalue weighted by molar-refractivity contribution is -0.127. The molecule has 15 heavy (non-hydrogen) atoms. The van der Waals surface area contributed by atoms with Crippen molar-refractivity contribution < 1.29 is 9.53 Å². The molecule has 0 amide bonds. The van der Waals surface area contributed by atoms with E-state index >= 15 is 0 Å². The van der Waals surface area contributed by atoms with Crippen molar-refractivity contribution in [1.82, 2.24) is 0 Å². The van der Waals surface area contributed by atoms with Crippen LogP contribution in [0.3, 0.4) is 0 Å². The monoisotopic (exact) mass is 207 g/mol. The van der Waals surface area contributed by atoms with Gasteiger partial charge in [-0.2, -0.15) is 5.26 Å². The number of Topliss-reactive ketones (excluding diaryl/α,β-unsaturated/α-hetero) is 1. The molecule has 0 bridgehead atoms. The van der Waals surface area contributed by atoms with Crippen LogP contribution < -0.4 is 0 Å². The maximum Gasteiger partial charge on any atom is 0.153 e. The molecule has 1 unspecified atom stereocenters. The second-order valence-electron chi connectivity index (χ2n) is 3.86. The smallest absolute Gasteiger partial charge is 0.153 e. The van der Waals surface area contributed by atoms with Gasteiger partial charge >= 0.3 is 0 Å². The van der Waals surface area contributed by atoms with E-state index in [2.05, 4.69) is 6.07 Å². The van der Waals surface area contributed by atoms with Crippen molar-refractivity contribution in [1.29, 1.82) is 5.26 Å². The SMILES string of the molecule is CCO/C=C/CC1(C#N)CCCCC1=O. The van der Waals surface area contributed by atoms with Gasteiger partial charge in [-0.3, -0.25) is 4.79 Å². The molecule has 3 heteroatoms. The zero-order valence-corrected chi connectivity index (χ0v) is 9.16. The normalized spacial score (nSPS) is 26.5. The second kappa shape index (κ2) is 5.55. The van der Waals surface area contributed by atoms with E-state index in [0.29, 0.717) is 25.9 Å². The molecule has 0 heterocycles. The molecule has 0 spiro atoms. The Hall–Kier alpha value is -1.30. The lowest BCUT2D eigenvalue weighted by Crippen LogP contribution is -2.32. The number of ketones is 1. The van der Waals surface area contributed by atoms with Gasteiger partial charge in [-0.25, -0.2) is 0 Å². The highest BCUT2D eigenvalue weighted by atomic mass is 16.5. The fourth-order valence-corrected chi connectivity index (χ4v) is 1.88. The van der Waals surface area contributed by atoms with Crippen molar-refractivity contribution in [2.75, 3.05) is 6.61 Å².